The molecular weight excluding hydrogens is 334 g/mol. The molecule has 22 heavy (non-hydrogen) atoms. The van der Waals surface area contributed by atoms with Crippen molar-refractivity contribution < 1.29 is 0 Å². The fourth-order valence-corrected chi connectivity index (χ4v) is 2.91. The molecule has 0 bridgehead atoms. The Hall–Kier alpha value is -2.06. The van der Waals surface area contributed by atoms with Gasteiger partial charge in [-0.2, -0.15) is 0 Å². The SMILES string of the molecule is Brc1cccc(N(Cc2ccccc2)Cc2ccccc2)c1. The van der Waals surface area contributed by atoms with Gasteiger partial charge in [0.2, 0.25) is 0 Å². The third kappa shape index (κ3) is 3.99. The number of benzene rings is 3. The van der Waals surface area contributed by atoms with Crippen molar-refractivity contribution in [3.63, 3.8) is 0 Å². The molecule has 0 saturated heterocycles. The topological polar surface area (TPSA) is 3.24 Å². The van der Waals surface area contributed by atoms with E-state index in [-0.39, 0.29) is 0 Å². The predicted molar refractivity (Wildman–Crippen MR) is 96.9 cm³/mol. The largest absolute Gasteiger partial charge is 0.363 e. The van der Waals surface area contributed by atoms with Gasteiger partial charge in [-0.25, -0.2) is 0 Å². The second kappa shape index (κ2) is 7.28. The summed E-state index contributed by atoms with van der Waals surface area (Å²) >= 11 is 3.57. The molecule has 0 radical (unpaired) electrons. The molecule has 2 heteroatoms. The maximum atomic E-state index is 3.57. The number of nitrogens with zero attached hydrogens (tertiary/aromatic N) is 1. The number of anilines is 1. The molecule has 3 aromatic carbocycles. The molecule has 110 valence electrons. The van der Waals surface area contributed by atoms with Gasteiger partial charge in [0.05, 0.1) is 0 Å². The molecule has 0 aliphatic carbocycles. The second-order valence-electron chi connectivity index (χ2n) is 5.31. The van der Waals surface area contributed by atoms with E-state index in [4.69, 9.17) is 0 Å². The minimum absolute atomic E-state index is 0.895. The van der Waals surface area contributed by atoms with Crippen LogP contribution in [0.15, 0.2) is 89.4 Å². The normalized spacial score (nSPS) is 10.4. The zero-order valence-electron chi connectivity index (χ0n) is 12.3. The zero-order chi connectivity index (χ0) is 15.2. The lowest BCUT2D eigenvalue weighted by atomic mass is 10.1. The molecule has 0 atom stereocenters. The third-order valence-corrected chi connectivity index (χ3v) is 4.10. The summed E-state index contributed by atoms with van der Waals surface area (Å²) in [5.74, 6) is 0. The van der Waals surface area contributed by atoms with Crippen molar-refractivity contribution in [2.75, 3.05) is 4.90 Å². The van der Waals surface area contributed by atoms with E-state index in [9.17, 15) is 0 Å². The highest BCUT2D eigenvalue weighted by Gasteiger charge is 2.08. The summed E-state index contributed by atoms with van der Waals surface area (Å²) in [5.41, 5.74) is 3.86. The van der Waals surface area contributed by atoms with E-state index in [0.717, 1.165) is 17.6 Å². The van der Waals surface area contributed by atoms with Crippen molar-refractivity contribution in [1.29, 1.82) is 0 Å². The Balaban J connectivity index is 1.88. The lowest BCUT2D eigenvalue weighted by Gasteiger charge is -2.25. The van der Waals surface area contributed by atoms with Crippen LogP contribution in [0.1, 0.15) is 11.1 Å². The van der Waals surface area contributed by atoms with Crippen LogP contribution in [-0.2, 0) is 13.1 Å². The van der Waals surface area contributed by atoms with Gasteiger partial charge in [-0.3, -0.25) is 0 Å². The Morgan fingerprint density at radius 1 is 0.636 bits per heavy atom. The highest BCUT2D eigenvalue weighted by Crippen LogP contribution is 2.23. The van der Waals surface area contributed by atoms with Gasteiger partial charge in [0.25, 0.3) is 0 Å². The Morgan fingerprint density at radius 3 is 1.68 bits per heavy atom. The highest BCUT2D eigenvalue weighted by molar-refractivity contribution is 9.10. The molecule has 0 saturated carbocycles. The van der Waals surface area contributed by atoms with E-state index >= 15 is 0 Å². The van der Waals surface area contributed by atoms with Crippen molar-refractivity contribution >= 4 is 21.6 Å². The summed E-state index contributed by atoms with van der Waals surface area (Å²) in [6.07, 6.45) is 0. The summed E-state index contributed by atoms with van der Waals surface area (Å²) in [6, 6.07) is 29.7. The van der Waals surface area contributed by atoms with Crippen molar-refractivity contribution in [1.82, 2.24) is 0 Å². The summed E-state index contributed by atoms with van der Waals surface area (Å²) in [5, 5.41) is 0. The van der Waals surface area contributed by atoms with E-state index in [0.29, 0.717) is 0 Å². The molecule has 0 aliphatic heterocycles. The molecule has 0 fully saturated rings. The Labute approximate surface area is 140 Å². The molecule has 0 spiro atoms. The summed E-state index contributed by atoms with van der Waals surface area (Å²) in [6.45, 7) is 1.79. The Morgan fingerprint density at radius 2 is 1.18 bits per heavy atom. The molecule has 0 amide bonds. The summed E-state index contributed by atoms with van der Waals surface area (Å²) in [7, 11) is 0. The highest BCUT2D eigenvalue weighted by atomic mass is 79.9. The molecule has 0 heterocycles. The Kier molecular flexibility index (Phi) is 4.92. The second-order valence-corrected chi connectivity index (χ2v) is 6.22. The molecule has 0 N–H and O–H groups in total. The molecule has 0 aromatic heterocycles. The van der Waals surface area contributed by atoms with Crippen molar-refractivity contribution in [3.8, 4) is 0 Å². The lowest BCUT2D eigenvalue weighted by Crippen LogP contribution is -2.22. The summed E-state index contributed by atoms with van der Waals surface area (Å²) < 4.78 is 1.11. The quantitative estimate of drug-likeness (QED) is 0.573. The van der Waals surface area contributed by atoms with Crippen LogP contribution in [0.4, 0.5) is 5.69 Å². The van der Waals surface area contributed by atoms with Crippen LogP contribution in [0.3, 0.4) is 0 Å². The maximum Gasteiger partial charge on any atom is 0.0433 e. The van der Waals surface area contributed by atoms with E-state index < -0.39 is 0 Å². The van der Waals surface area contributed by atoms with E-state index in [1.807, 2.05) is 0 Å². The van der Waals surface area contributed by atoms with Crippen LogP contribution in [-0.4, -0.2) is 0 Å². The standard InChI is InChI=1S/C20H18BrN/c21-19-12-7-13-20(14-19)22(15-17-8-3-1-4-9-17)16-18-10-5-2-6-11-18/h1-14H,15-16H2. The first kappa shape index (κ1) is 14.9. The first-order valence-electron chi connectivity index (χ1n) is 7.39. The van der Waals surface area contributed by atoms with Gasteiger partial charge >= 0.3 is 0 Å². The molecular formula is C20H18BrN. The molecule has 1 nitrogen and oxygen atoms in total. The first-order chi connectivity index (χ1) is 10.8. The number of halogens is 1. The van der Waals surface area contributed by atoms with Gasteiger partial charge in [0.1, 0.15) is 0 Å². The predicted octanol–water partition coefficient (Wildman–Crippen LogP) is 5.66. The minimum Gasteiger partial charge on any atom is -0.363 e. The third-order valence-electron chi connectivity index (χ3n) is 3.61. The van der Waals surface area contributed by atoms with Gasteiger partial charge in [0, 0.05) is 23.2 Å². The molecule has 3 aromatic rings. The lowest BCUT2D eigenvalue weighted by molar-refractivity contribution is 0.800. The summed E-state index contributed by atoms with van der Waals surface area (Å²) in [4.78, 5) is 2.40. The molecule has 0 unspecified atom stereocenters. The van der Waals surface area contributed by atoms with Crippen LogP contribution in [0.25, 0.3) is 0 Å². The fraction of sp³-hybridized carbons (Fsp3) is 0.100. The minimum atomic E-state index is 0.895. The van der Waals surface area contributed by atoms with Crippen molar-refractivity contribution in [2.45, 2.75) is 13.1 Å². The van der Waals surface area contributed by atoms with Gasteiger partial charge in [-0.1, -0.05) is 82.7 Å². The van der Waals surface area contributed by atoms with Gasteiger partial charge < -0.3 is 4.90 Å². The van der Waals surface area contributed by atoms with Crippen LogP contribution < -0.4 is 4.90 Å². The van der Waals surface area contributed by atoms with Crippen LogP contribution in [0, 0.1) is 0 Å². The average molecular weight is 352 g/mol. The zero-order valence-corrected chi connectivity index (χ0v) is 13.9. The number of hydrogen-bond donors (Lipinski definition) is 0. The number of rotatable bonds is 5. The smallest absolute Gasteiger partial charge is 0.0433 e. The van der Waals surface area contributed by atoms with Crippen molar-refractivity contribution in [3.05, 3.63) is 101 Å². The van der Waals surface area contributed by atoms with E-state index in [1.54, 1.807) is 0 Å². The number of hydrogen-bond acceptors (Lipinski definition) is 1. The van der Waals surface area contributed by atoms with E-state index in [1.165, 1.54) is 16.8 Å². The Bertz CT molecular complexity index is 669. The monoisotopic (exact) mass is 351 g/mol. The van der Waals surface area contributed by atoms with Gasteiger partial charge in [-0.05, 0) is 29.3 Å². The van der Waals surface area contributed by atoms with Crippen LogP contribution in [0.2, 0.25) is 0 Å². The van der Waals surface area contributed by atoms with Crippen LogP contribution >= 0.6 is 15.9 Å². The van der Waals surface area contributed by atoms with Crippen molar-refractivity contribution in [2.24, 2.45) is 0 Å². The average Bonchev–Trinajstić information content (AvgIpc) is 2.56. The first-order valence-corrected chi connectivity index (χ1v) is 8.19. The molecule has 3 rings (SSSR count). The molecule has 0 aliphatic rings. The van der Waals surface area contributed by atoms with Gasteiger partial charge in [0.15, 0.2) is 0 Å². The fourth-order valence-electron chi connectivity index (χ4n) is 2.52. The maximum absolute atomic E-state index is 3.57. The van der Waals surface area contributed by atoms with E-state index in [2.05, 4.69) is 106 Å². The van der Waals surface area contributed by atoms with Gasteiger partial charge in [-0.15, -0.1) is 0 Å². The van der Waals surface area contributed by atoms with Crippen LogP contribution in [0.5, 0.6) is 0 Å².